The second-order valence-electron chi connectivity index (χ2n) is 5.92. The lowest BCUT2D eigenvalue weighted by Crippen LogP contribution is -2.42. The van der Waals surface area contributed by atoms with Gasteiger partial charge in [-0.1, -0.05) is 24.6 Å². The minimum atomic E-state index is -0.223. The Morgan fingerprint density at radius 1 is 1.32 bits per heavy atom. The number of rotatable bonds is 6. The van der Waals surface area contributed by atoms with Gasteiger partial charge in [0.15, 0.2) is 0 Å². The van der Waals surface area contributed by atoms with Gasteiger partial charge in [0.1, 0.15) is 23.1 Å². The van der Waals surface area contributed by atoms with E-state index in [1.807, 2.05) is 52.0 Å². The molecule has 0 radical (unpaired) electrons. The summed E-state index contributed by atoms with van der Waals surface area (Å²) in [6.07, 6.45) is 0.867. The largest absolute Gasteiger partial charge is 0.486 e. The van der Waals surface area contributed by atoms with Crippen LogP contribution in [-0.2, 0) is 6.61 Å². The monoisotopic (exact) mass is 318 g/mol. The van der Waals surface area contributed by atoms with Gasteiger partial charge in [0, 0.05) is 10.9 Å². The van der Waals surface area contributed by atoms with E-state index in [2.05, 4.69) is 10.3 Å². The maximum absolute atomic E-state index is 12.1. The summed E-state index contributed by atoms with van der Waals surface area (Å²) in [6, 6.07) is 7.87. The summed E-state index contributed by atoms with van der Waals surface area (Å²) in [7, 11) is 0. The molecule has 0 aliphatic heterocycles. The molecule has 1 aromatic heterocycles. The Morgan fingerprint density at radius 3 is 2.64 bits per heavy atom. The van der Waals surface area contributed by atoms with E-state index in [1.54, 1.807) is 5.38 Å². The molecule has 0 saturated heterocycles. The second-order valence-corrected chi connectivity index (χ2v) is 6.86. The maximum Gasteiger partial charge on any atom is 0.271 e. The van der Waals surface area contributed by atoms with Crippen LogP contribution < -0.4 is 10.1 Å². The van der Waals surface area contributed by atoms with Crippen molar-refractivity contribution < 1.29 is 9.53 Å². The van der Waals surface area contributed by atoms with Crippen LogP contribution in [0.25, 0.3) is 0 Å². The van der Waals surface area contributed by atoms with Gasteiger partial charge in [-0.05, 0) is 39.3 Å². The minimum absolute atomic E-state index is 0.135. The van der Waals surface area contributed by atoms with Crippen molar-refractivity contribution >= 4 is 17.2 Å². The lowest BCUT2D eigenvalue weighted by Gasteiger charge is -2.23. The van der Waals surface area contributed by atoms with Gasteiger partial charge in [-0.2, -0.15) is 0 Å². The summed E-state index contributed by atoms with van der Waals surface area (Å²) in [4.78, 5) is 16.5. The van der Waals surface area contributed by atoms with Crippen LogP contribution in [0.4, 0.5) is 0 Å². The SMILES string of the molecule is CCC(C)(C)NC(=O)c1csc(COc2ccc(C)cc2)n1. The maximum atomic E-state index is 12.1. The molecule has 2 aromatic rings. The van der Waals surface area contributed by atoms with Gasteiger partial charge in [-0.3, -0.25) is 4.79 Å². The summed E-state index contributed by atoms with van der Waals surface area (Å²) in [5, 5.41) is 5.54. The Kier molecular flexibility index (Phi) is 5.19. The van der Waals surface area contributed by atoms with Gasteiger partial charge in [-0.25, -0.2) is 4.98 Å². The van der Waals surface area contributed by atoms with Gasteiger partial charge < -0.3 is 10.1 Å². The molecule has 118 valence electrons. The Labute approximate surface area is 135 Å². The van der Waals surface area contributed by atoms with Crippen LogP contribution in [0.3, 0.4) is 0 Å². The zero-order valence-corrected chi connectivity index (χ0v) is 14.3. The van der Waals surface area contributed by atoms with Crippen molar-refractivity contribution in [2.75, 3.05) is 0 Å². The van der Waals surface area contributed by atoms with E-state index in [4.69, 9.17) is 4.74 Å². The standard InChI is InChI=1S/C17H22N2O2S/c1-5-17(3,4)19-16(20)14-11-22-15(18-14)10-21-13-8-6-12(2)7-9-13/h6-9,11H,5,10H2,1-4H3,(H,19,20). The third-order valence-electron chi connectivity index (χ3n) is 3.50. The highest BCUT2D eigenvalue weighted by atomic mass is 32.1. The Balaban J connectivity index is 1.93. The fourth-order valence-corrected chi connectivity index (χ4v) is 2.41. The second kappa shape index (κ2) is 6.92. The van der Waals surface area contributed by atoms with E-state index in [0.29, 0.717) is 12.3 Å². The molecule has 1 heterocycles. The molecular weight excluding hydrogens is 296 g/mol. The Hall–Kier alpha value is -1.88. The highest BCUT2D eigenvalue weighted by molar-refractivity contribution is 7.09. The van der Waals surface area contributed by atoms with Gasteiger partial charge in [0.2, 0.25) is 0 Å². The van der Waals surface area contributed by atoms with Gasteiger partial charge >= 0.3 is 0 Å². The third-order valence-corrected chi connectivity index (χ3v) is 4.33. The number of carbonyl (C=O) groups is 1. The van der Waals surface area contributed by atoms with Crippen LogP contribution in [0, 0.1) is 6.92 Å². The van der Waals surface area contributed by atoms with Gasteiger partial charge in [0.05, 0.1) is 0 Å². The van der Waals surface area contributed by atoms with E-state index in [-0.39, 0.29) is 11.4 Å². The number of benzene rings is 1. The molecule has 1 N–H and O–H groups in total. The van der Waals surface area contributed by atoms with Crippen molar-refractivity contribution in [3.8, 4) is 5.75 Å². The van der Waals surface area contributed by atoms with Crippen LogP contribution in [0.1, 0.15) is 48.3 Å². The fourth-order valence-electron chi connectivity index (χ4n) is 1.72. The molecule has 22 heavy (non-hydrogen) atoms. The van der Waals surface area contributed by atoms with Crippen LogP contribution in [-0.4, -0.2) is 16.4 Å². The molecule has 1 amide bonds. The molecule has 1 aromatic carbocycles. The van der Waals surface area contributed by atoms with Crippen molar-refractivity contribution in [1.29, 1.82) is 0 Å². The van der Waals surface area contributed by atoms with E-state index in [1.165, 1.54) is 16.9 Å². The molecule has 5 heteroatoms. The number of carbonyl (C=O) groups excluding carboxylic acids is 1. The Morgan fingerprint density at radius 2 is 2.00 bits per heavy atom. The number of aromatic nitrogens is 1. The molecule has 4 nitrogen and oxygen atoms in total. The molecule has 0 saturated carbocycles. The summed E-state index contributed by atoms with van der Waals surface area (Å²) in [5.74, 6) is 0.670. The van der Waals surface area contributed by atoms with Crippen molar-refractivity contribution in [3.63, 3.8) is 0 Å². The highest BCUT2D eigenvalue weighted by Crippen LogP contribution is 2.17. The number of hydrogen-bond donors (Lipinski definition) is 1. The molecule has 0 aliphatic rings. The zero-order valence-electron chi connectivity index (χ0n) is 13.5. The number of nitrogens with one attached hydrogen (secondary N) is 1. The van der Waals surface area contributed by atoms with Crippen LogP contribution in [0.2, 0.25) is 0 Å². The summed E-state index contributed by atoms with van der Waals surface area (Å²) < 4.78 is 5.68. The molecule has 0 fully saturated rings. The van der Waals surface area contributed by atoms with E-state index < -0.39 is 0 Å². The smallest absolute Gasteiger partial charge is 0.271 e. The number of thiazole rings is 1. The molecule has 0 spiro atoms. The topological polar surface area (TPSA) is 51.2 Å². The van der Waals surface area contributed by atoms with Crippen LogP contribution in [0.5, 0.6) is 5.75 Å². The lowest BCUT2D eigenvalue weighted by molar-refractivity contribution is 0.0906. The molecule has 0 unspecified atom stereocenters. The van der Waals surface area contributed by atoms with E-state index in [0.717, 1.165) is 17.2 Å². The first kappa shape index (κ1) is 16.5. The van der Waals surface area contributed by atoms with E-state index in [9.17, 15) is 4.79 Å². The average molecular weight is 318 g/mol. The fraction of sp³-hybridized carbons (Fsp3) is 0.412. The number of amides is 1. The third kappa shape index (κ3) is 4.56. The first-order valence-electron chi connectivity index (χ1n) is 7.36. The summed E-state index contributed by atoms with van der Waals surface area (Å²) in [5.41, 5.74) is 1.42. The molecule has 0 atom stereocenters. The number of ether oxygens (including phenoxy) is 1. The predicted octanol–water partition coefficient (Wildman–Crippen LogP) is 3.95. The van der Waals surface area contributed by atoms with Crippen molar-refractivity contribution in [2.24, 2.45) is 0 Å². The lowest BCUT2D eigenvalue weighted by atomic mass is 10.0. The highest BCUT2D eigenvalue weighted by Gasteiger charge is 2.20. The summed E-state index contributed by atoms with van der Waals surface area (Å²) >= 11 is 1.44. The molecule has 0 aliphatic carbocycles. The molecule has 2 rings (SSSR count). The zero-order chi connectivity index (χ0) is 16.2. The molecule has 0 bridgehead atoms. The molecular formula is C17H22N2O2S. The van der Waals surface area contributed by atoms with Gasteiger partial charge in [0.25, 0.3) is 5.91 Å². The van der Waals surface area contributed by atoms with Crippen molar-refractivity contribution in [2.45, 2.75) is 46.3 Å². The normalized spacial score (nSPS) is 11.3. The van der Waals surface area contributed by atoms with Gasteiger partial charge in [-0.15, -0.1) is 11.3 Å². The van der Waals surface area contributed by atoms with Crippen LogP contribution >= 0.6 is 11.3 Å². The first-order valence-corrected chi connectivity index (χ1v) is 8.24. The van der Waals surface area contributed by atoms with E-state index >= 15 is 0 Å². The quantitative estimate of drug-likeness (QED) is 0.877. The Bertz CT molecular complexity index is 632. The number of nitrogens with zero attached hydrogens (tertiary/aromatic N) is 1. The van der Waals surface area contributed by atoms with Crippen molar-refractivity contribution in [1.82, 2.24) is 10.3 Å². The first-order chi connectivity index (χ1) is 10.4. The van der Waals surface area contributed by atoms with Crippen LogP contribution in [0.15, 0.2) is 29.6 Å². The average Bonchev–Trinajstić information content (AvgIpc) is 2.95. The van der Waals surface area contributed by atoms with Crippen molar-refractivity contribution in [3.05, 3.63) is 45.9 Å². The predicted molar refractivity (Wildman–Crippen MR) is 89.5 cm³/mol. The number of hydrogen-bond acceptors (Lipinski definition) is 4. The summed E-state index contributed by atoms with van der Waals surface area (Å²) in [6.45, 7) is 8.45. The number of aryl methyl sites for hydroxylation is 1. The minimum Gasteiger partial charge on any atom is -0.486 e.